The fraction of sp³-hybridized carbons (Fsp3) is 0.294. The number of nitrogens with zero attached hydrogens (tertiary/aromatic N) is 4. The van der Waals surface area contributed by atoms with Crippen molar-refractivity contribution in [2.75, 3.05) is 0 Å². The van der Waals surface area contributed by atoms with E-state index in [1.54, 1.807) is 4.68 Å². The number of hydrogen-bond acceptors (Lipinski definition) is 5. The Morgan fingerprint density at radius 3 is 2.62 bits per heavy atom. The molecule has 1 amide bonds. The molecule has 0 unspecified atom stereocenters. The van der Waals surface area contributed by atoms with Gasteiger partial charge in [0.1, 0.15) is 0 Å². The van der Waals surface area contributed by atoms with Gasteiger partial charge in [-0.3, -0.25) is 4.79 Å². The summed E-state index contributed by atoms with van der Waals surface area (Å²) in [6, 6.07) is 9.79. The smallest absolute Gasteiger partial charge is 0.261 e. The number of rotatable bonds is 4. The Bertz CT molecular complexity index is 864. The van der Waals surface area contributed by atoms with Gasteiger partial charge in [0.15, 0.2) is 5.82 Å². The van der Waals surface area contributed by atoms with E-state index in [2.05, 4.69) is 20.6 Å². The van der Waals surface area contributed by atoms with Crippen LogP contribution in [0.25, 0.3) is 17.1 Å². The molecular weight excluding hydrogens is 306 g/mol. The predicted octanol–water partition coefficient (Wildman–Crippen LogP) is 2.60. The van der Waals surface area contributed by atoms with Crippen molar-refractivity contribution in [1.82, 2.24) is 25.2 Å². The molecule has 0 atom stereocenters. The number of para-hydroxylation sites is 1. The van der Waals surface area contributed by atoms with Gasteiger partial charge in [-0.15, -0.1) is 0 Å². The summed E-state index contributed by atoms with van der Waals surface area (Å²) in [7, 11) is 0. The van der Waals surface area contributed by atoms with Gasteiger partial charge in [0.05, 0.1) is 22.5 Å². The Morgan fingerprint density at radius 1 is 1.25 bits per heavy atom. The Morgan fingerprint density at radius 2 is 1.96 bits per heavy atom. The zero-order chi connectivity index (χ0) is 17.3. The van der Waals surface area contributed by atoms with E-state index < -0.39 is 5.54 Å². The molecule has 0 aliphatic heterocycles. The van der Waals surface area contributed by atoms with Crippen LogP contribution in [0.4, 0.5) is 0 Å². The van der Waals surface area contributed by atoms with E-state index in [1.165, 1.54) is 6.92 Å². The lowest BCUT2D eigenvalue weighted by atomic mass is 10.1. The van der Waals surface area contributed by atoms with Crippen molar-refractivity contribution >= 4 is 5.91 Å². The van der Waals surface area contributed by atoms with Crippen LogP contribution in [0.5, 0.6) is 0 Å². The van der Waals surface area contributed by atoms with Crippen molar-refractivity contribution < 1.29 is 9.32 Å². The first kappa shape index (κ1) is 15.9. The quantitative estimate of drug-likeness (QED) is 0.797. The third-order valence-electron chi connectivity index (χ3n) is 3.62. The van der Waals surface area contributed by atoms with Crippen LogP contribution in [0.15, 0.2) is 41.1 Å². The third kappa shape index (κ3) is 3.05. The molecule has 3 aromatic rings. The van der Waals surface area contributed by atoms with Gasteiger partial charge in [0, 0.05) is 13.1 Å². The summed E-state index contributed by atoms with van der Waals surface area (Å²) in [5, 5.41) is 11.3. The molecule has 0 saturated heterocycles. The van der Waals surface area contributed by atoms with E-state index >= 15 is 0 Å². The zero-order valence-corrected chi connectivity index (χ0v) is 14.1. The van der Waals surface area contributed by atoms with Gasteiger partial charge in [-0.1, -0.05) is 23.4 Å². The van der Waals surface area contributed by atoms with Crippen molar-refractivity contribution in [3.8, 4) is 17.1 Å². The Hall–Kier alpha value is -2.96. The first-order valence-electron chi connectivity index (χ1n) is 7.62. The van der Waals surface area contributed by atoms with Crippen LogP contribution in [0, 0.1) is 6.92 Å². The summed E-state index contributed by atoms with van der Waals surface area (Å²) in [5.41, 5.74) is 1.78. The summed E-state index contributed by atoms with van der Waals surface area (Å²) in [6.07, 6.45) is 1.85. The molecule has 0 fully saturated rings. The number of amides is 1. The standard InChI is InChI=1S/C17H19N5O2/c1-11-14(10-22(20-11)13-8-6-5-7-9-13)15-18-16(21-24-15)17(3,4)19-12(2)23/h5-10H,1-4H3,(H,19,23). The Labute approximate surface area is 139 Å². The topological polar surface area (TPSA) is 85.8 Å². The highest BCUT2D eigenvalue weighted by atomic mass is 16.5. The van der Waals surface area contributed by atoms with Crippen molar-refractivity contribution in [2.24, 2.45) is 0 Å². The highest BCUT2D eigenvalue weighted by molar-refractivity contribution is 5.73. The summed E-state index contributed by atoms with van der Waals surface area (Å²) < 4.78 is 7.15. The molecule has 7 nitrogen and oxygen atoms in total. The minimum atomic E-state index is -0.711. The maximum atomic E-state index is 11.3. The second-order valence-electron chi connectivity index (χ2n) is 6.14. The lowest BCUT2D eigenvalue weighted by molar-refractivity contribution is -0.120. The van der Waals surface area contributed by atoms with Crippen LogP contribution in [0.3, 0.4) is 0 Å². The van der Waals surface area contributed by atoms with E-state index in [0.29, 0.717) is 11.7 Å². The van der Waals surface area contributed by atoms with Gasteiger partial charge in [-0.05, 0) is 32.9 Å². The number of nitrogens with one attached hydrogen (secondary N) is 1. The molecule has 1 aromatic carbocycles. The molecule has 1 N–H and O–H groups in total. The first-order chi connectivity index (χ1) is 11.4. The molecule has 124 valence electrons. The van der Waals surface area contributed by atoms with Crippen molar-refractivity contribution in [2.45, 2.75) is 33.2 Å². The molecule has 2 aromatic heterocycles. The number of hydrogen-bond donors (Lipinski definition) is 1. The fourth-order valence-corrected chi connectivity index (χ4v) is 2.47. The molecule has 0 radical (unpaired) electrons. The summed E-state index contributed by atoms with van der Waals surface area (Å²) in [5.74, 6) is 0.641. The van der Waals surface area contributed by atoms with Crippen LogP contribution >= 0.6 is 0 Å². The molecule has 0 saturated carbocycles. The zero-order valence-electron chi connectivity index (χ0n) is 14.1. The second-order valence-corrected chi connectivity index (χ2v) is 6.14. The summed E-state index contributed by atoms with van der Waals surface area (Å²) in [4.78, 5) is 15.7. The van der Waals surface area contributed by atoms with Crippen LogP contribution in [-0.2, 0) is 10.3 Å². The molecule has 24 heavy (non-hydrogen) atoms. The van der Waals surface area contributed by atoms with Gasteiger partial charge in [0.25, 0.3) is 5.89 Å². The van der Waals surface area contributed by atoms with Crippen molar-refractivity contribution in [3.63, 3.8) is 0 Å². The largest absolute Gasteiger partial charge is 0.344 e. The van der Waals surface area contributed by atoms with E-state index in [1.807, 2.05) is 57.3 Å². The number of aromatic nitrogens is 4. The summed E-state index contributed by atoms with van der Waals surface area (Å²) in [6.45, 7) is 6.99. The van der Waals surface area contributed by atoms with E-state index in [4.69, 9.17) is 4.52 Å². The molecule has 7 heteroatoms. The van der Waals surface area contributed by atoms with E-state index in [9.17, 15) is 4.79 Å². The molecule has 2 heterocycles. The average molecular weight is 325 g/mol. The molecule has 3 rings (SSSR count). The molecule has 0 aliphatic rings. The molecule has 0 aliphatic carbocycles. The highest BCUT2D eigenvalue weighted by Crippen LogP contribution is 2.25. The van der Waals surface area contributed by atoms with Crippen LogP contribution in [0.1, 0.15) is 32.3 Å². The Kier molecular flexibility index (Phi) is 3.92. The van der Waals surface area contributed by atoms with E-state index in [-0.39, 0.29) is 5.91 Å². The Balaban J connectivity index is 1.94. The van der Waals surface area contributed by atoms with Crippen LogP contribution in [-0.4, -0.2) is 25.8 Å². The molecular formula is C17H19N5O2. The maximum absolute atomic E-state index is 11.3. The van der Waals surface area contributed by atoms with Gasteiger partial charge in [0.2, 0.25) is 5.91 Å². The summed E-state index contributed by atoms with van der Waals surface area (Å²) >= 11 is 0. The minimum absolute atomic E-state index is 0.153. The SMILES string of the molecule is CC(=O)NC(C)(C)c1noc(-c2cn(-c3ccccc3)nc2C)n1. The lowest BCUT2D eigenvalue weighted by Crippen LogP contribution is -2.40. The van der Waals surface area contributed by atoms with Crippen molar-refractivity contribution in [1.29, 1.82) is 0 Å². The number of benzene rings is 1. The maximum Gasteiger partial charge on any atom is 0.261 e. The molecule has 0 spiro atoms. The highest BCUT2D eigenvalue weighted by Gasteiger charge is 2.28. The lowest BCUT2D eigenvalue weighted by Gasteiger charge is -2.20. The van der Waals surface area contributed by atoms with Crippen molar-refractivity contribution in [3.05, 3.63) is 48.0 Å². The van der Waals surface area contributed by atoms with Crippen LogP contribution in [0.2, 0.25) is 0 Å². The van der Waals surface area contributed by atoms with Gasteiger partial charge < -0.3 is 9.84 Å². The average Bonchev–Trinajstić information content (AvgIpc) is 3.13. The number of aryl methyl sites for hydroxylation is 1. The monoisotopic (exact) mass is 325 g/mol. The normalized spacial score (nSPS) is 11.5. The number of carbonyl (C=O) groups excluding carboxylic acids is 1. The first-order valence-corrected chi connectivity index (χ1v) is 7.62. The predicted molar refractivity (Wildman–Crippen MR) is 88.4 cm³/mol. The van der Waals surface area contributed by atoms with Gasteiger partial charge >= 0.3 is 0 Å². The fourth-order valence-electron chi connectivity index (χ4n) is 2.47. The van der Waals surface area contributed by atoms with Gasteiger partial charge in [-0.25, -0.2) is 4.68 Å². The molecule has 0 bridgehead atoms. The minimum Gasteiger partial charge on any atom is -0.344 e. The van der Waals surface area contributed by atoms with Crippen LogP contribution < -0.4 is 5.32 Å². The van der Waals surface area contributed by atoms with Gasteiger partial charge in [-0.2, -0.15) is 10.1 Å². The third-order valence-corrected chi connectivity index (χ3v) is 3.62. The second kappa shape index (κ2) is 5.92. The van der Waals surface area contributed by atoms with E-state index in [0.717, 1.165) is 16.9 Å². The number of carbonyl (C=O) groups is 1.